The van der Waals surface area contributed by atoms with E-state index in [9.17, 15) is 0 Å². The van der Waals surface area contributed by atoms with Crippen molar-refractivity contribution in [3.05, 3.63) is 20.8 Å². The zero-order chi connectivity index (χ0) is 13.7. The molecule has 1 aromatic rings. The molecule has 0 bridgehead atoms. The second-order valence-electron chi connectivity index (χ2n) is 5.67. The maximum absolute atomic E-state index is 3.74. The van der Waals surface area contributed by atoms with Crippen molar-refractivity contribution in [2.75, 3.05) is 19.6 Å². The van der Waals surface area contributed by atoms with Crippen LogP contribution in [0.3, 0.4) is 0 Å². The highest BCUT2D eigenvalue weighted by Gasteiger charge is 2.17. The Kier molecular flexibility index (Phi) is 6.33. The largest absolute Gasteiger partial charge is 0.314 e. The summed E-state index contributed by atoms with van der Waals surface area (Å²) in [6.07, 6.45) is 5.12. The fourth-order valence-electron chi connectivity index (χ4n) is 2.72. The first-order valence-corrected chi connectivity index (χ1v) is 8.98. The van der Waals surface area contributed by atoms with Crippen molar-refractivity contribution in [1.29, 1.82) is 0 Å². The van der Waals surface area contributed by atoms with Gasteiger partial charge in [-0.3, -0.25) is 0 Å². The molecule has 0 amide bonds. The Morgan fingerprint density at radius 1 is 1.37 bits per heavy atom. The molecule has 4 heteroatoms. The highest BCUT2D eigenvalue weighted by Crippen LogP contribution is 2.22. The van der Waals surface area contributed by atoms with Crippen molar-refractivity contribution in [3.8, 4) is 0 Å². The van der Waals surface area contributed by atoms with Gasteiger partial charge < -0.3 is 10.2 Å². The summed E-state index contributed by atoms with van der Waals surface area (Å²) in [4.78, 5) is 4.08. The normalized spacial score (nSPS) is 21.8. The molecule has 1 fully saturated rings. The van der Waals surface area contributed by atoms with Gasteiger partial charge in [0.05, 0.1) is 3.79 Å². The van der Waals surface area contributed by atoms with Crippen molar-refractivity contribution < 1.29 is 0 Å². The summed E-state index contributed by atoms with van der Waals surface area (Å²) in [6, 6.07) is 5.78. The lowest BCUT2D eigenvalue weighted by molar-refractivity contribution is 0.229. The first-order valence-electron chi connectivity index (χ1n) is 7.37. The van der Waals surface area contributed by atoms with Crippen LogP contribution in [0.5, 0.6) is 0 Å². The lowest BCUT2D eigenvalue weighted by Gasteiger charge is -2.24. The predicted octanol–water partition coefficient (Wildman–Crippen LogP) is 3.91. The quantitative estimate of drug-likeness (QED) is 0.871. The van der Waals surface area contributed by atoms with Gasteiger partial charge in [0.15, 0.2) is 0 Å². The van der Waals surface area contributed by atoms with E-state index in [0.29, 0.717) is 12.1 Å². The molecule has 0 spiro atoms. The highest BCUT2D eigenvalue weighted by molar-refractivity contribution is 9.11. The average Bonchev–Trinajstić information content (AvgIpc) is 2.64. The first kappa shape index (κ1) is 15.5. The van der Waals surface area contributed by atoms with Crippen LogP contribution in [0.15, 0.2) is 15.9 Å². The van der Waals surface area contributed by atoms with E-state index in [1.54, 1.807) is 0 Å². The number of hydrogen-bond donors (Lipinski definition) is 1. The van der Waals surface area contributed by atoms with Crippen LogP contribution < -0.4 is 5.32 Å². The number of rotatable bonds is 5. The van der Waals surface area contributed by atoms with Gasteiger partial charge in [-0.15, -0.1) is 11.3 Å². The molecule has 2 rings (SSSR count). The van der Waals surface area contributed by atoms with Crippen molar-refractivity contribution in [2.24, 2.45) is 0 Å². The van der Waals surface area contributed by atoms with E-state index in [4.69, 9.17) is 0 Å². The lowest BCUT2D eigenvalue weighted by Crippen LogP contribution is -2.34. The molecule has 2 heterocycles. The molecule has 1 atom stereocenters. The summed E-state index contributed by atoms with van der Waals surface area (Å²) < 4.78 is 1.24. The van der Waals surface area contributed by atoms with Crippen molar-refractivity contribution >= 4 is 27.3 Å². The number of nitrogens with zero attached hydrogens (tertiary/aromatic N) is 1. The number of hydrogen-bond acceptors (Lipinski definition) is 3. The molecule has 108 valence electrons. The summed E-state index contributed by atoms with van der Waals surface area (Å²) >= 11 is 5.37. The third kappa shape index (κ3) is 5.18. The molecular weight excluding hydrogens is 320 g/mol. The Labute approximate surface area is 129 Å². The minimum atomic E-state index is 0.696. The van der Waals surface area contributed by atoms with Crippen LogP contribution in [-0.2, 0) is 6.42 Å². The smallest absolute Gasteiger partial charge is 0.0701 e. The lowest BCUT2D eigenvalue weighted by atomic mass is 10.1. The van der Waals surface area contributed by atoms with E-state index in [1.807, 2.05) is 11.3 Å². The first-order chi connectivity index (χ1) is 9.15. The Morgan fingerprint density at radius 2 is 2.21 bits per heavy atom. The molecular formula is C15H25BrN2S. The zero-order valence-electron chi connectivity index (χ0n) is 12.0. The molecule has 1 saturated heterocycles. The summed E-state index contributed by atoms with van der Waals surface area (Å²) in [5.41, 5.74) is 0. The van der Waals surface area contributed by atoms with Gasteiger partial charge in [0.25, 0.3) is 0 Å². The fourth-order valence-corrected chi connectivity index (χ4v) is 4.21. The summed E-state index contributed by atoms with van der Waals surface area (Å²) in [5.74, 6) is 0. The van der Waals surface area contributed by atoms with Crippen LogP contribution in [0.2, 0.25) is 0 Å². The summed E-state index contributed by atoms with van der Waals surface area (Å²) in [7, 11) is 0. The Hall–Kier alpha value is 0.1000. The molecule has 1 aliphatic heterocycles. The second-order valence-corrected chi connectivity index (χ2v) is 8.22. The molecule has 0 aliphatic carbocycles. The number of nitrogens with one attached hydrogen (secondary N) is 1. The van der Waals surface area contributed by atoms with E-state index in [1.165, 1.54) is 41.0 Å². The molecule has 0 radical (unpaired) electrons. The van der Waals surface area contributed by atoms with Gasteiger partial charge in [0.1, 0.15) is 0 Å². The Balaban J connectivity index is 1.68. The summed E-state index contributed by atoms with van der Waals surface area (Å²) in [5, 5.41) is 3.74. The predicted molar refractivity (Wildman–Crippen MR) is 88.1 cm³/mol. The van der Waals surface area contributed by atoms with Crippen molar-refractivity contribution in [2.45, 2.75) is 51.6 Å². The van der Waals surface area contributed by atoms with Crippen LogP contribution in [0.1, 0.15) is 38.0 Å². The van der Waals surface area contributed by atoms with Gasteiger partial charge in [-0.05, 0) is 80.7 Å². The van der Waals surface area contributed by atoms with Gasteiger partial charge in [-0.1, -0.05) is 0 Å². The molecule has 1 aliphatic rings. The monoisotopic (exact) mass is 344 g/mol. The van der Waals surface area contributed by atoms with E-state index >= 15 is 0 Å². The van der Waals surface area contributed by atoms with Crippen molar-refractivity contribution in [3.63, 3.8) is 0 Å². The van der Waals surface area contributed by atoms with E-state index in [0.717, 1.165) is 13.0 Å². The molecule has 1 aromatic heterocycles. The van der Waals surface area contributed by atoms with E-state index in [2.05, 4.69) is 52.1 Å². The zero-order valence-corrected chi connectivity index (χ0v) is 14.4. The highest BCUT2D eigenvalue weighted by atomic mass is 79.9. The van der Waals surface area contributed by atoms with Gasteiger partial charge in [0.2, 0.25) is 0 Å². The van der Waals surface area contributed by atoms with Gasteiger partial charge >= 0.3 is 0 Å². The van der Waals surface area contributed by atoms with Crippen molar-refractivity contribution in [1.82, 2.24) is 10.2 Å². The molecule has 2 nitrogen and oxygen atoms in total. The molecule has 0 aromatic carbocycles. The van der Waals surface area contributed by atoms with Crippen LogP contribution in [0.4, 0.5) is 0 Å². The minimum Gasteiger partial charge on any atom is -0.314 e. The van der Waals surface area contributed by atoms with E-state index < -0.39 is 0 Å². The van der Waals surface area contributed by atoms with Crippen LogP contribution in [0, 0.1) is 0 Å². The van der Waals surface area contributed by atoms with Crippen LogP contribution in [-0.4, -0.2) is 36.6 Å². The SMILES string of the molecule is CC(C)N1CCCC(NCCc2ccc(Br)s2)CC1. The molecule has 1 unspecified atom stereocenters. The maximum Gasteiger partial charge on any atom is 0.0701 e. The Bertz CT molecular complexity index is 378. The standard InChI is InChI=1S/C15H25BrN2S/c1-12(2)18-10-3-4-13(8-11-18)17-9-7-14-5-6-15(16)19-14/h5-6,12-13,17H,3-4,7-11H2,1-2H3. The molecule has 19 heavy (non-hydrogen) atoms. The second kappa shape index (κ2) is 7.77. The van der Waals surface area contributed by atoms with E-state index in [-0.39, 0.29) is 0 Å². The van der Waals surface area contributed by atoms with Gasteiger partial charge in [-0.25, -0.2) is 0 Å². The number of halogens is 1. The van der Waals surface area contributed by atoms with Crippen LogP contribution in [0.25, 0.3) is 0 Å². The minimum absolute atomic E-state index is 0.696. The maximum atomic E-state index is 3.74. The average molecular weight is 345 g/mol. The van der Waals surface area contributed by atoms with Gasteiger partial charge in [0, 0.05) is 23.5 Å². The fraction of sp³-hybridized carbons (Fsp3) is 0.733. The van der Waals surface area contributed by atoms with Gasteiger partial charge in [-0.2, -0.15) is 0 Å². The molecule has 1 N–H and O–H groups in total. The third-order valence-corrected chi connectivity index (χ3v) is 5.61. The topological polar surface area (TPSA) is 15.3 Å². The summed E-state index contributed by atoms with van der Waals surface area (Å²) in [6.45, 7) is 8.25. The molecule has 0 saturated carbocycles. The third-order valence-electron chi connectivity index (χ3n) is 3.93. The number of thiophene rings is 1. The Morgan fingerprint density at radius 3 is 2.89 bits per heavy atom. The number of likely N-dealkylation sites (tertiary alicyclic amines) is 1. The van der Waals surface area contributed by atoms with Crippen LogP contribution >= 0.6 is 27.3 Å².